The molecule has 0 saturated carbocycles. The number of fused-ring (bicyclic) bond motifs is 1. The molecule has 0 spiro atoms. The summed E-state index contributed by atoms with van der Waals surface area (Å²) in [6.45, 7) is 5.90. The summed E-state index contributed by atoms with van der Waals surface area (Å²) in [7, 11) is 0. The number of rotatable bonds is 3. The fourth-order valence-electron chi connectivity index (χ4n) is 3.24. The molecule has 0 bridgehead atoms. The summed E-state index contributed by atoms with van der Waals surface area (Å²) in [4.78, 5) is 2.26. The van der Waals surface area contributed by atoms with Gasteiger partial charge in [0.05, 0.1) is 35.1 Å². The highest BCUT2D eigenvalue weighted by Crippen LogP contribution is 2.28. The number of nitriles is 1. The van der Waals surface area contributed by atoms with Gasteiger partial charge in [-0.15, -0.1) is 5.10 Å². The summed E-state index contributed by atoms with van der Waals surface area (Å²) in [5, 5.41) is 23.4. The Morgan fingerprint density at radius 2 is 1.92 bits per heavy atom. The monoisotopic (exact) mass is 332 g/mol. The smallest absolute Gasteiger partial charge is 0.153 e. The molecule has 1 aliphatic rings. The fourth-order valence-corrected chi connectivity index (χ4v) is 3.24. The molecule has 0 atom stereocenters. The predicted molar refractivity (Wildman–Crippen MR) is 96.7 cm³/mol. The highest BCUT2D eigenvalue weighted by Gasteiger charge is 2.21. The van der Waals surface area contributed by atoms with E-state index in [1.165, 1.54) is 12.8 Å². The third kappa shape index (κ3) is 2.72. The van der Waals surface area contributed by atoms with Crippen LogP contribution in [-0.4, -0.2) is 33.1 Å². The van der Waals surface area contributed by atoms with Gasteiger partial charge in [0, 0.05) is 24.5 Å². The molecule has 1 aromatic carbocycles. The second kappa shape index (κ2) is 5.85. The van der Waals surface area contributed by atoms with E-state index in [1.54, 1.807) is 6.20 Å². The first kappa shape index (κ1) is 15.6. The maximum absolute atomic E-state index is 9.42. The minimum Gasteiger partial charge on any atom is -0.355 e. The Morgan fingerprint density at radius 3 is 2.68 bits per heavy atom. The van der Waals surface area contributed by atoms with Crippen molar-refractivity contribution in [2.24, 2.45) is 0 Å². The van der Waals surface area contributed by atoms with E-state index in [0.717, 1.165) is 41.1 Å². The Balaban J connectivity index is 1.80. The van der Waals surface area contributed by atoms with E-state index in [9.17, 15) is 5.26 Å². The molecule has 0 N–H and O–H groups in total. The molecule has 126 valence electrons. The van der Waals surface area contributed by atoms with Gasteiger partial charge in [0.2, 0.25) is 0 Å². The largest absolute Gasteiger partial charge is 0.355 e. The molecule has 0 unspecified atom stereocenters. The van der Waals surface area contributed by atoms with Crippen LogP contribution < -0.4 is 4.90 Å². The Kier molecular flexibility index (Phi) is 3.65. The predicted octanol–water partition coefficient (Wildman–Crippen LogP) is 3.22. The zero-order valence-corrected chi connectivity index (χ0v) is 14.5. The van der Waals surface area contributed by atoms with Gasteiger partial charge in [0.15, 0.2) is 5.82 Å². The van der Waals surface area contributed by atoms with E-state index in [2.05, 4.69) is 26.3 Å². The van der Waals surface area contributed by atoms with Crippen LogP contribution in [0.25, 0.3) is 16.6 Å². The van der Waals surface area contributed by atoms with Crippen LogP contribution in [0.3, 0.4) is 0 Å². The van der Waals surface area contributed by atoms with Crippen LogP contribution in [-0.2, 0) is 5.41 Å². The van der Waals surface area contributed by atoms with Gasteiger partial charge in [-0.2, -0.15) is 15.5 Å². The average Bonchev–Trinajstić information content (AvgIpc) is 3.31. The molecule has 4 rings (SSSR count). The van der Waals surface area contributed by atoms with Crippen LogP contribution in [0.2, 0.25) is 0 Å². The summed E-state index contributed by atoms with van der Waals surface area (Å²) in [6, 6.07) is 10.5. The van der Waals surface area contributed by atoms with Gasteiger partial charge in [-0.1, -0.05) is 12.1 Å². The van der Waals surface area contributed by atoms with Crippen LogP contribution in [0.4, 0.5) is 5.82 Å². The first-order valence-electron chi connectivity index (χ1n) is 8.56. The van der Waals surface area contributed by atoms with E-state index >= 15 is 0 Å². The van der Waals surface area contributed by atoms with Gasteiger partial charge in [0.1, 0.15) is 0 Å². The van der Waals surface area contributed by atoms with Gasteiger partial charge in [-0.05, 0) is 38.3 Å². The average molecular weight is 332 g/mol. The molecule has 0 radical (unpaired) electrons. The molecular weight excluding hydrogens is 312 g/mol. The van der Waals surface area contributed by atoms with E-state index in [1.807, 2.05) is 49.0 Å². The molecule has 1 saturated heterocycles. The third-order valence-corrected chi connectivity index (χ3v) is 4.87. The Labute approximate surface area is 146 Å². The maximum Gasteiger partial charge on any atom is 0.153 e. The Morgan fingerprint density at radius 1 is 1.12 bits per heavy atom. The number of hydrogen-bond acceptors (Lipinski definition) is 5. The van der Waals surface area contributed by atoms with Crippen molar-refractivity contribution in [2.45, 2.75) is 32.1 Å². The van der Waals surface area contributed by atoms with Crippen molar-refractivity contribution in [3.05, 3.63) is 42.2 Å². The van der Waals surface area contributed by atoms with Crippen LogP contribution in [0.1, 0.15) is 32.3 Å². The van der Waals surface area contributed by atoms with E-state index in [0.29, 0.717) is 0 Å². The summed E-state index contributed by atoms with van der Waals surface area (Å²) in [5.41, 5.74) is 2.30. The number of benzene rings is 1. The highest BCUT2D eigenvalue weighted by molar-refractivity contribution is 5.81. The second-order valence-electron chi connectivity index (χ2n) is 7.03. The highest BCUT2D eigenvalue weighted by atomic mass is 15.3. The number of anilines is 1. The van der Waals surface area contributed by atoms with Crippen molar-refractivity contribution in [3.8, 4) is 11.8 Å². The van der Waals surface area contributed by atoms with E-state index < -0.39 is 5.41 Å². The van der Waals surface area contributed by atoms with Crippen molar-refractivity contribution < 1.29 is 0 Å². The molecule has 6 heteroatoms. The molecule has 2 aromatic heterocycles. The molecule has 6 nitrogen and oxygen atoms in total. The minimum absolute atomic E-state index is 0.541. The van der Waals surface area contributed by atoms with Crippen molar-refractivity contribution in [1.29, 1.82) is 5.26 Å². The lowest BCUT2D eigenvalue weighted by atomic mass is 9.86. The molecule has 3 heterocycles. The van der Waals surface area contributed by atoms with Crippen LogP contribution in [0.15, 0.2) is 36.7 Å². The number of aromatic nitrogens is 4. The quantitative estimate of drug-likeness (QED) is 0.736. The number of hydrogen-bond donors (Lipinski definition) is 0. The van der Waals surface area contributed by atoms with Crippen molar-refractivity contribution in [3.63, 3.8) is 0 Å². The lowest BCUT2D eigenvalue weighted by molar-refractivity contribution is 0.687. The van der Waals surface area contributed by atoms with Gasteiger partial charge in [-0.25, -0.2) is 4.68 Å². The van der Waals surface area contributed by atoms with E-state index in [4.69, 9.17) is 0 Å². The first-order chi connectivity index (χ1) is 12.1. The molecule has 1 fully saturated rings. The topological polar surface area (TPSA) is 70.6 Å². The molecule has 25 heavy (non-hydrogen) atoms. The number of nitrogens with zero attached hydrogens (tertiary/aromatic N) is 6. The normalized spacial score (nSPS) is 14.8. The minimum atomic E-state index is -0.541. The van der Waals surface area contributed by atoms with Crippen molar-refractivity contribution in [2.75, 3.05) is 18.0 Å². The fraction of sp³-hybridized carbons (Fsp3) is 0.368. The molecule has 3 aromatic rings. The second-order valence-corrected chi connectivity index (χ2v) is 7.03. The molecule has 1 aliphatic heterocycles. The van der Waals surface area contributed by atoms with Crippen LogP contribution in [0.5, 0.6) is 0 Å². The van der Waals surface area contributed by atoms with Gasteiger partial charge >= 0.3 is 0 Å². The van der Waals surface area contributed by atoms with Gasteiger partial charge in [0.25, 0.3) is 0 Å². The molecule has 0 amide bonds. The first-order valence-corrected chi connectivity index (χ1v) is 8.56. The SMILES string of the molecule is CC(C)(C#N)c1ccc2cnn(-c3cnnc(N4CCCC4)c3)c2c1. The summed E-state index contributed by atoms with van der Waals surface area (Å²) < 4.78 is 1.88. The lowest BCUT2D eigenvalue weighted by Gasteiger charge is -2.17. The molecule has 0 aliphatic carbocycles. The summed E-state index contributed by atoms with van der Waals surface area (Å²) >= 11 is 0. The van der Waals surface area contributed by atoms with Gasteiger partial charge < -0.3 is 4.90 Å². The van der Waals surface area contributed by atoms with Crippen LogP contribution >= 0.6 is 0 Å². The van der Waals surface area contributed by atoms with Crippen molar-refractivity contribution in [1.82, 2.24) is 20.0 Å². The van der Waals surface area contributed by atoms with Gasteiger partial charge in [-0.3, -0.25) is 0 Å². The Bertz CT molecular complexity index is 959. The molecular formula is C19H20N6. The third-order valence-electron chi connectivity index (χ3n) is 4.87. The Hall–Kier alpha value is -2.94. The van der Waals surface area contributed by atoms with Crippen molar-refractivity contribution >= 4 is 16.7 Å². The van der Waals surface area contributed by atoms with E-state index in [-0.39, 0.29) is 0 Å². The summed E-state index contributed by atoms with van der Waals surface area (Å²) in [5.74, 6) is 0.896. The zero-order chi connectivity index (χ0) is 17.4. The van der Waals surface area contributed by atoms with Crippen LogP contribution in [0, 0.1) is 11.3 Å². The summed E-state index contributed by atoms with van der Waals surface area (Å²) in [6.07, 6.45) is 5.97. The standard InChI is InChI=1S/C19H20N6/c1-19(2,13-20)15-6-5-14-11-22-25(17(14)9-15)16-10-18(23-21-12-16)24-7-3-4-8-24/h5-6,9-12H,3-4,7-8H2,1-2H3. The zero-order valence-electron chi connectivity index (χ0n) is 14.5. The maximum atomic E-state index is 9.42. The lowest BCUT2D eigenvalue weighted by Crippen LogP contribution is -2.19.